The van der Waals surface area contributed by atoms with Crippen LogP contribution in [0.15, 0.2) is 0 Å². The van der Waals surface area contributed by atoms with Gasteiger partial charge in [-0.2, -0.15) is 5.26 Å². The van der Waals surface area contributed by atoms with Crippen LogP contribution in [0.5, 0.6) is 0 Å². The average Bonchev–Trinajstić information content (AvgIpc) is 1.98. The molecule has 0 amide bonds. The van der Waals surface area contributed by atoms with Crippen LogP contribution in [-0.2, 0) is 0 Å². The summed E-state index contributed by atoms with van der Waals surface area (Å²) in [6.45, 7) is 8.19. The Morgan fingerprint density at radius 1 is 1.46 bits per heavy atom. The van der Waals surface area contributed by atoms with Crippen LogP contribution in [0, 0.1) is 17.2 Å². The van der Waals surface area contributed by atoms with Gasteiger partial charge in [-0.25, -0.2) is 0 Å². The van der Waals surface area contributed by atoms with E-state index in [0.29, 0.717) is 12.5 Å². The van der Waals surface area contributed by atoms with Crippen LogP contribution in [0.1, 0.15) is 34.1 Å². The van der Waals surface area contributed by atoms with E-state index in [-0.39, 0.29) is 6.04 Å². The van der Waals surface area contributed by atoms with Crippen LogP contribution >= 0.6 is 0 Å². The molecule has 0 spiro atoms. The summed E-state index contributed by atoms with van der Waals surface area (Å²) in [4.78, 5) is 0. The van der Waals surface area contributed by atoms with Crippen molar-refractivity contribution in [3.8, 4) is 6.07 Å². The predicted molar refractivity (Wildman–Crippen MR) is 53.2 cm³/mol. The van der Waals surface area contributed by atoms with Crippen molar-refractivity contribution in [2.75, 3.05) is 6.54 Å². The number of nitrogens with zero attached hydrogens (tertiary/aromatic N) is 1. The molecule has 0 heterocycles. The molecule has 76 valence electrons. The summed E-state index contributed by atoms with van der Waals surface area (Å²) in [5.74, 6) is 0.467. The Bertz CT molecular complexity index is 182. The molecule has 2 atom stereocenters. The second-order valence-corrected chi connectivity index (χ2v) is 4.33. The molecule has 0 aromatic rings. The molecule has 0 aliphatic carbocycles. The van der Waals surface area contributed by atoms with Gasteiger partial charge in [0, 0.05) is 6.54 Å². The summed E-state index contributed by atoms with van der Waals surface area (Å²) in [6.07, 6.45) is 0.748. The molecule has 2 unspecified atom stereocenters. The van der Waals surface area contributed by atoms with Crippen molar-refractivity contribution < 1.29 is 5.11 Å². The highest BCUT2D eigenvalue weighted by Gasteiger charge is 2.21. The number of aliphatic hydroxyl groups is 1. The third-order valence-corrected chi connectivity index (χ3v) is 1.83. The molecular weight excluding hydrogens is 164 g/mol. The van der Waals surface area contributed by atoms with Crippen molar-refractivity contribution in [3.63, 3.8) is 0 Å². The molecule has 3 nitrogen and oxygen atoms in total. The molecule has 13 heavy (non-hydrogen) atoms. The summed E-state index contributed by atoms with van der Waals surface area (Å²) in [5, 5.41) is 21.3. The van der Waals surface area contributed by atoms with E-state index >= 15 is 0 Å². The van der Waals surface area contributed by atoms with Crippen LogP contribution in [0.4, 0.5) is 0 Å². The predicted octanol–water partition coefficient (Wildman–Crippen LogP) is 1.29. The fourth-order valence-corrected chi connectivity index (χ4v) is 1.37. The van der Waals surface area contributed by atoms with Gasteiger partial charge in [0.2, 0.25) is 0 Å². The van der Waals surface area contributed by atoms with Crippen molar-refractivity contribution in [1.82, 2.24) is 5.32 Å². The fraction of sp³-hybridized carbons (Fsp3) is 0.900. The van der Waals surface area contributed by atoms with Gasteiger partial charge in [0.25, 0.3) is 0 Å². The highest BCUT2D eigenvalue weighted by molar-refractivity contribution is 4.88. The van der Waals surface area contributed by atoms with Crippen LogP contribution in [0.2, 0.25) is 0 Å². The van der Waals surface area contributed by atoms with Crippen LogP contribution in [-0.4, -0.2) is 23.3 Å². The van der Waals surface area contributed by atoms with Gasteiger partial charge in [0.15, 0.2) is 0 Å². The molecule has 0 aliphatic rings. The molecule has 0 saturated heterocycles. The zero-order valence-electron chi connectivity index (χ0n) is 8.96. The van der Waals surface area contributed by atoms with Crippen LogP contribution < -0.4 is 5.32 Å². The normalized spacial score (nSPS) is 17.9. The number of hydrogen-bond donors (Lipinski definition) is 2. The van der Waals surface area contributed by atoms with E-state index in [1.807, 2.05) is 0 Å². The van der Waals surface area contributed by atoms with E-state index in [9.17, 15) is 5.11 Å². The molecule has 0 saturated carbocycles. The molecule has 2 N–H and O–H groups in total. The average molecular weight is 184 g/mol. The van der Waals surface area contributed by atoms with Gasteiger partial charge in [0.05, 0.1) is 17.7 Å². The van der Waals surface area contributed by atoms with Gasteiger partial charge in [-0.3, -0.25) is 5.32 Å². The van der Waals surface area contributed by atoms with Crippen molar-refractivity contribution in [2.45, 2.75) is 45.8 Å². The number of rotatable bonds is 5. The molecule has 3 heteroatoms. The second kappa shape index (κ2) is 5.21. The van der Waals surface area contributed by atoms with Gasteiger partial charge >= 0.3 is 0 Å². The molecule has 0 aromatic carbocycles. The SMILES string of the molecule is CC(C)CC(C)(O)CNC(C)C#N. The molecule has 0 aromatic heterocycles. The Morgan fingerprint density at radius 3 is 2.38 bits per heavy atom. The molecule has 0 radical (unpaired) electrons. The molecular formula is C10H20N2O. The smallest absolute Gasteiger partial charge is 0.0925 e. The Balaban J connectivity index is 3.83. The zero-order valence-corrected chi connectivity index (χ0v) is 8.96. The highest BCUT2D eigenvalue weighted by atomic mass is 16.3. The lowest BCUT2D eigenvalue weighted by molar-refractivity contribution is 0.0377. The Hall–Kier alpha value is -0.590. The first-order valence-corrected chi connectivity index (χ1v) is 4.73. The maximum Gasteiger partial charge on any atom is 0.0925 e. The van der Waals surface area contributed by atoms with E-state index in [4.69, 9.17) is 5.26 Å². The van der Waals surface area contributed by atoms with E-state index < -0.39 is 5.60 Å². The Labute approximate surface area is 80.8 Å². The first-order chi connectivity index (χ1) is 5.87. The van der Waals surface area contributed by atoms with Gasteiger partial charge in [-0.05, 0) is 26.2 Å². The highest BCUT2D eigenvalue weighted by Crippen LogP contribution is 2.15. The maximum atomic E-state index is 9.86. The summed E-state index contributed by atoms with van der Waals surface area (Å²) in [7, 11) is 0. The minimum atomic E-state index is -0.709. The third kappa shape index (κ3) is 6.56. The standard InChI is InChI=1S/C10H20N2O/c1-8(2)5-10(4,13)7-12-9(3)6-11/h8-9,12-13H,5,7H2,1-4H3. The second-order valence-electron chi connectivity index (χ2n) is 4.33. The van der Waals surface area contributed by atoms with E-state index in [1.165, 1.54) is 0 Å². The fourth-order valence-electron chi connectivity index (χ4n) is 1.37. The van der Waals surface area contributed by atoms with E-state index in [0.717, 1.165) is 6.42 Å². The first-order valence-electron chi connectivity index (χ1n) is 4.73. The molecule has 0 fully saturated rings. The maximum absolute atomic E-state index is 9.86. The number of hydrogen-bond acceptors (Lipinski definition) is 3. The van der Waals surface area contributed by atoms with Crippen molar-refractivity contribution >= 4 is 0 Å². The number of nitriles is 1. The lowest BCUT2D eigenvalue weighted by atomic mass is 9.94. The third-order valence-electron chi connectivity index (χ3n) is 1.83. The molecule has 0 aliphatic heterocycles. The zero-order chi connectivity index (χ0) is 10.5. The quantitative estimate of drug-likeness (QED) is 0.677. The topological polar surface area (TPSA) is 56.0 Å². The van der Waals surface area contributed by atoms with Crippen LogP contribution in [0.25, 0.3) is 0 Å². The summed E-state index contributed by atoms with van der Waals surface area (Å²) >= 11 is 0. The van der Waals surface area contributed by atoms with Crippen molar-refractivity contribution in [3.05, 3.63) is 0 Å². The minimum Gasteiger partial charge on any atom is -0.389 e. The lowest BCUT2D eigenvalue weighted by Crippen LogP contribution is -2.41. The molecule has 0 bridgehead atoms. The van der Waals surface area contributed by atoms with Gasteiger partial charge in [-0.1, -0.05) is 13.8 Å². The van der Waals surface area contributed by atoms with Gasteiger partial charge in [0.1, 0.15) is 0 Å². The van der Waals surface area contributed by atoms with E-state index in [2.05, 4.69) is 25.2 Å². The lowest BCUT2D eigenvalue weighted by Gasteiger charge is -2.26. The first kappa shape index (κ1) is 12.4. The Kier molecular flexibility index (Phi) is 4.97. The molecule has 0 rings (SSSR count). The van der Waals surface area contributed by atoms with E-state index in [1.54, 1.807) is 13.8 Å². The van der Waals surface area contributed by atoms with Crippen LogP contribution in [0.3, 0.4) is 0 Å². The van der Waals surface area contributed by atoms with Crippen molar-refractivity contribution in [2.24, 2.45) is 5.92 Å². The number of nitrogens with one attached hydrogen (secondary N) is 1. The van der Waals surface area contributed by atoms with Gasteiger partial charge < -0.3 is 5.11 Å². The largest absolute Gasteiger partial charge is 0.389 e. The monoisotopic (exact) mass is 184 g/mol. The summed E-state index contributed by atoms with van der Waals surface area (Å²) < 4.78 is 0. The minimum absolute atomic E-state index is 0.196. The van der Waals surface area contributed by atoms with Crippen molar-refractivity contribution in [1.29, 1.82) is 5.26 Å². The summed E-state index contributed by atoms with van der Waals surface area (Å²) in [5.41, 5.74) is -0.709. The Morgan fingerprint density at radius 2 is 2.00 bits per heavy atom. The summed E-state index contributed by atoms with van der Waals surface area (Å²) in [6, 6.07) is 1.87. The van der Waals surface area contributed by atoms with Gasteiger partial charge in [-0.15, -0.1) is 0 Å².